The van der Waals surface area contributed by atoms with E-state index in [-0.39, 0.29) is 0 Å². The molecule has 4 N–H and O–H groups in total. The van der Waals surface area contributed by atoms with Gasteiger partial charge >= 0.3 is 0 Å². The first-order valence-electron chi connectivity index (χ1n) is 4.15. The van der Waals surface area contributed by atoms with Crippen LogP contribution in [-0.4, -0.2) is 20.2 Å². The van der Waals surface area contributed by atoms with Crippen LogP contribution in [-0.2, 0) is 6.54 Å². The number of nitrogen functional groups attached to an aromatic ring is 1. The summed E-state index contributed by atoms with van der Waals surface area (Å²) in [6, 6.07) is 3.47. The third kappa shape index (κ3) is 1.98. The van der Waals surface area contributed by atoms with Gasteiger partial charge in [0.1, 0.15) is 11.6 Å². The minimum Gasteiger partial charge on any atom is -0.382 e. The molecule has 0 saturated carbocycles. The van der Waals surface area contributed by atoms with Crippen LogP contribution in [0.3, 0.4) is 0 Å². The number of nitrogens with one attached hydrogen (secondary N) is 2. The van der Waals surface area contributed by atoms with Gasteiger partial charge in [-0.25, -0.2) is 4.98 Å². The zero-order chi connectivity index (χ0) is 9.80. The first kappa shape index (κ1) is 8.49. The Bertz CT molecular complexity index is 379. The summed E-state index contributed by atoms with van der Waals surface area (Å²) in [5.74, 6) is 1.10. The highest BCUT2D eigenvalue weighted by Crippen LogP contribution is 2.04. The van der Waals surface area contributed by atoms with Gasteiger partial charge in [-0.2, -0.15) is 0 Å². The summed E-state index contributed by atoms with van der Waals surface area (Å²) < 4.78 is 0. The second-order valence-corrected chi connectivity index (χ2v) is 2.77. The van der Waals surface area contributed by atoms with Crippen LogP contribution >= 0.6 is 0 Å². The van der Waals surface area contributed by atoms with Gasteiger partial charge in [-0.05, 0) is 12.1 Å². The molecule has 14 heavy (non-hydrogen) atoms. The lowest BCUT2D eigenvalue weighted by Gasteiger charge is -2.02. The Morgan fingerprint density at radius 1 is 1.36 bits per heavy atom. The Labute approximate surface area is 80.6 Å². The largest absolute Gasteiger partial charge is 0.382 e. The zero-order valence-corrected chi connectivity index (χ0v) is 7.44. The summed E-state index contributed by atoms with van der Waals surface area (Å²) >= 11 is 0. The lowest BCUT2D eigenvalue weighted by Crippen LogP contribution is -2.03. The van der Waals surface area contributed by atoms with Gasteiger partial charge in [0.05, 0.1) is 18.6 Å². The molecule has 6 heteroatoms. The molecule has 0 atom stereocenters. The number of imidazole rings is 1. The van der Waals surface area contributed by atoms with Gasteiger partial charge in [0.15, 0.2) is 0 Å². The molecule has 0 fully saturated rings. The van der Waals surface area contributed by atoms with Crippen molar-refractivity contribution in [2.75, 3.05) is 11.1 Å². The fraction of sp³-hybridized carbons (Fsp3) is 0.125. The van der Waals surface area contributed by atoms with Crippen molar-refractivity contribution < 1.29 is 0 Å². The highest BCUT2D eigenvalue weighted by atomic mass is 15.2. The number of aromatic nitrogens is 4. The molecule has 0 radical (unpaired) electrons. The highest BCUT2D eigenvalue weighted by Gasteiger charge is 1.96. The number of rotatable bonds is 3. The molecular formula is C8H10N6. The van der Waals surface area contributed by atoms with Gasteiger partial charge in [-0.1, -0.05) is 0 Å². The standard InChI is InChI=1S/C8H10N6/c9-7-1-2-8(14-13-7)11-4-6-3-10-5-12-6/h1-3,5H,4H2,(H2,9,13)(H,10,12)(H,11,14). The van der Waals surface area contributed by atoms with Crippen molar-refractivity contribution in [1.29, 1.82) is 0 Å². The van der Waals surface area contributed by atoms with E-state index in [2.05, 4.69) is 25.5 Å². The van der Waals surface area contributed by atoms with Crippen LogP contribution in [0, 0.1) is 0 Å². The van der Waals surface area contributed by atoms with E-state index >= 15 is 0 Å². The minimum absolute atomic E-state index is 0.414. The number of H-pyrrole nitrogens is 1. The second-order valence-electron chi connectivity index (χ2n) is 2.77. The number of nitrogens with two attached hydrogens (primary N) is 1. The molecule has 2 rings (SSSR count). The highest BCUT2D eigenvalue weighted by molar-refractivity contribution is 5.38. The first-order valence-corrected chi connectivity index (χ1v) is 4.15. The van der Waals surface area contributed by atoms with Crippen LogP contribution in [0.2, 0.25) is 0 Å². The maximum Gasteiger partial charge on any atom is 0.149 e. The van der Waals surface area contributed by atoms with Gasteiger partial charge in [0.25, 0.3) is 0 Å². The van der Waals surface area contributed by atoms with E-state index in [1.807, 2.05) is 0 Å². The van der Waals surface area contributed by atoms with E-state index in [0.29, 0.717) is 18.2 Å². The molecule has 0 amide bonds. The second kappa shape index (κ2) is 3.73. The van der Waals surface area contributed by atoms with Crippen molar-refractivity contribution in [3.63, 3.8) is 0 Å². The Hall–Kier alpha value is -2.11. The fourth-order valence-corrected chi connectivity index (χ4v) is 1.00. The van der Waals surface area contributed by atoms with Gasteiger partial charge in [0.2, 0.25) is 0 Å². The predicted octanol–water partition coefficient (Wildman–Crippen LogP) is 0.394. The molecule has 2 aromatic heterocycles. The monoisotopic (exact) mass is 190 g/mol. The molecule has 0 aliphatic carbocycles. The first-order chi connectivity index (χ1) is 6.84. The van der Waals surface area contributed by atoms with Crippen LogP contribution in [0.1, 0.15) is 5.69 Å². The van der Waals surface area contributed by atoms with E-state index in [0.717, 1.165) is 5.69 Å². The SMILES string of the molecule is Nc1ccc(NCc2cnc[nH]2)nn1. The summed E-state index contributed by atoms with van der Waals surface area (Å²) in [5.41, 5.74) is 6.39. The van der Waals surface area contributed by atoms with Crippen LogP contribution in [0.4, 0.5) is 11.6 Å². The van der Waals surface area contributed by atoms with Crippen molar-refractivity contribution in [2.45, 2.75) is 6.54 Å². The smallest absolute Gasteiger partial charge is 0.149 e. The molecule has 2 heterocycles. The van der Waals surface area contributed by atoms with E-state index in [1.165, 1.54) is 0 Å². The Balaban J connectivity index is 1.95. The number of aromatic amines is 1. The third-order valence-electron chi connectivity index (χ3n) is 1.70. The molecule has 0 aromatic carbocycles. The van der Waals surface area contributed by atoms with Gasteiger partial charge in [-0.3, -0.25) is 0 Å². The maximum absolute atomic E-state index is 5.40. The summed E-state index contributed by atoms with van der Waals surface area (Å²) in [6.45, 7) is 0.637. The molecule has 0 aliphatic rings. The quantitative estimate of drug-likeness (QED) is 0.651. The number of hydrogen-bond acceptors (Lipinski definition) is 5. The average molecular weight is 190 g/mol. The lowest BCUT2D eigenvalue weighted by atomic mass is 10.4. The van der Waals surface area contributed by atoms with Crippen LogP contribution in [0.5, 0.6) is 0 Å². The third-order valence-corrected chi connectivity index (χ3v) is 1.70. The molecule has 2 aromatic rings. The Morgan fingerprint density at radius 2 is 2.29 bits per heavy atom. The summed E-state index contributed by atoms with van der Waals surface area (Å²) in [4.78, 5) is 6.87. The van der Waals surface area contributed by atoms with Crippen LogP contribution in [0.25, 0.3) is 0 Å². The normalized spacial score (nSPS) is 10.0. The number of anilines is 2. The minimum atomic E-state index is 0.414. The van der Waals surface area contributed by atoms with Crippen molar-refractivity contribution in [2.24, 2.45) is 0 Å². The van der Waals surface area contributed by atoms with Crippen molar-refractivity contribution in [1.82, 2.24) is 20.2 Å². The fourth-order valence-electron chi connectivity index (χ4n) is 1.00. The van der Waals surface area contributed by atoms with E-state index in [4.69, 9.17) is 5.73 Å². The van der Waals surface area contributed by atoms with E-state index in [1.54, 1.807) is 24.7 Å². The summed E-state index contributed by atoms with van der Waals surface area (Å²) in [5, 5.41) is 10.6. The predicted molar refractivity (Wildman–Crippen MR) is 52.4 cm³/mol. The molecular weight excluding hydrogens is 180 g/mol. The summed E-state index contributed by atoms with van der Waals surface area (Å²) in [7, 11) is 0. The van der Waals surface area contributed by atoms with Gasteiger partial charge < -0.3 is 16.0 Å². The van der Waals surface area contributed by atoms with Crippen LogP contribution in [0.15, 0.2) is 24.7 Å². The maximum atomic E-state index is 5.40. The molecule has 0 unspecified atom stereocenters. The van der Waals surface area contributed by atoms with Crippen molar-refractivity contribution in [3.8, 4) is 0 Å². The topological polar surface area (TPSA) is 92.5 Å². The molecule has 6 nitrogen and oxygen atoms in total. The van der Waals surface area contributed by atoms with E-state index in [9.17, 15) is 0 Å². The van der Waals surface area contributed by atoms with E-state index < -0.39 is 0 Å². The average Bonchev–Trinajstić information content (AvgIpc) is 2.70. The molecule has 0 aliphatic heterocycles. The Kier molecular flexibility index (Phi) is 2.26. The van der Waals surface area contributed by atoms with Crippen LogP contribution < -0.4 is 11.1 Å². The van der Waals surface area contributed by atoms with Crippen molar-refractivity contribution in [3.05, 3.63) is 30.4 Å². The van der Waals surface area contributed by atoms with Gasteiger partial charge in [0, 0.05) is 6.20 Å². The number of nitrogens with zero attached hydrogens (tertiary/aromatic N) is 3. The molecule has 0 saturated heterocycles. The molecule has 0 spiro atoms. The summed E-state index contributed by atoms with van der Waals surface area (Å²) in [6.07, 6.45) is 3.38. The molecule has 0 bridgehead atoms. The molecule has 72 valence electrons. The zero-order valence-electron chi connectivity index (χ0n) is 7.44. The van der Waals surface area contributed by atoms with Gasteiger partial charge in [-0.15, -0.1) is 10.2 Å². The Morgan fingerprint density at radius 3 is 2.93 bits per heavy atom. The van der Waals surface area contributed by atoms with Crippen molar-refractivity contribution >= 4 is 11.6 Å². The lowest BCUT2D eigenvalue weighted by molar-refractivity contribution is 0.992. The number of hydrogen-bond donors (Lipinski definition) is 3.